The molecule has 0 radical (unpaired) electrons. The van der Waals surface area contributed by atoms with Gasteiger partial charge in [0.1, 0.15) is 51.8 Å². The smallest absolute Gasteiger partial charge is 0.463 e. The number of hydrogen-bond donors (Lipinski definition) is 4. The third kappa shape index (κ3) is 62.8. The summed E-state index contributed by atoms with van der Waals surface area (Å²) in [4.78, 5) is 91.2. The van der Waals surface area contributed by atoms with Crippen molar-refractivity contribution in [3.8, 4) is 0 Å². The molecule has 0 amide bonds. The molecule has 0 saturated carbocycles. The van der Waals surface area contributed by atoms with E-state index in [1.165, 1.54) is 103 Å². The van der Waals surface area contributed by atoms with Gasteiger partial charge in [-0.15, -0.1) is 0 Å². The third-order valence-corrected chi connectivity index (χ3v) is 17.4. The molecule has 0 spiro atoms. The van der Waals surface area contributed by atoms with E-state index in [0.29, 0.717) is 39.0 Å². The number of esters is 4. The van der Waals surface area contributed by atoms with Crippen LogP contribution in [0, 0.1) is 5.92 Å². The van der Waals surface area contributed by atoms with Gasteiger partial charge in [-0.1, -0.05) is 209 Å². The van der Waals surface area contributed by atoms with Crippen LogP contribution in [0.25, 0.3) is 0 Å². The molecule has 4 N–H and O–H groups in total. The molecule has 0 aliphatic carbocycles. The molecule has 0 aliphatic heterocycles. The highest BCUT2D eigenvalue weighted by molar-refractivity contribution is 5.71. The van der Waals surface area contributed by atoms with Gasteiger partial charge in [0.05, 0.1) is 51.1 Å². The summed E-state index contributed by atoms with van der Waals surface area (Å²) in [5, 5.41) is 36.7. The fourth-order valence-corrected chi connectivity index (χ4v) is 11.3. The normalized spacial score (nSPS) is 12.9. The SMILES string of the molecule is CCCCCCCCC(CCC)OC(=O)OCCOC(=O)CCN(CCC(=O)OCCO)CCN(C)CCN(CCC(=O)OCCO)CCC(=O)OCCOC(=O)OC(CCCCCCCC)CCC(CC)C(CCCCCCCC)OO.CCCCCCCCC(CCC)OO. The molecule has 0 bridgehead atoms. The molecule has 5 unspecified atom stereocenters. The molecule has 97 heavy (non-hydrogen) atoms. The van der Waals surface area contributed by atoms with Gasteiger partial charge in [0.15, 0.2) is 0 Å². The Labute approximate surface area is 587 Å². The van der Waals surface area contributed by atoms with Crippen LogP contribution in [0.4, 0.5) is 9.59 Å². The van der Waals surface area contributed by atoms with Crippen LogP contribution >= 0.6 is 0 Å². The minimum absolute atomic E-state index is 0.00539. The molecule has 0 aliphatic rings. The third-order valence-electron chi connectivity index (χ3n) is 17.4. The lowest BCUT2D eigenvalue weighted by molar-refractivity contribution is -0.292. The van der Waals surface area contributed by atoms with Crippen molar-refractivity contribution in [1.29, 1.82) is 0 Å². The van der Waals surface area contributed by atoms with Crippen molar-refractivity contribution >= 4 is 36.2 Å². The summed E-state index contributed by atoms with van der Waals surface area (Å²) >= 11 is 0. The Hall–Kier alpha value is -3.94. The number of unbranched alkanes of at least 4 members (excludes halogenated alkanes) is 20. The number of hydrogen-bond acceptors (Lipinski definition) is 23. The Bertz CT molecular complexity index is 1810. The van der Waals surface area contributed by atoms with Gasteiger partial charge in [-0.3, -0.25) is 29.7 Å². The molecule has 23 heteroatoms. The summed E-state index contributed by atoms with van der Waals surface area (Å²) in [6.07, 6.45) is 35.0. The number of likely N-dealkylation sites (N-methyl/N-ethyl adjacent to an activating group) is 1. The van der Waals surface area contributed by atoms with Gasteiger partial charge < -0.3 is 62.8 Å². The van der Waals surface area contributed by atoms with E-state index in [9.17, 15) is 34.0 Å². The predicted molar refractivity (Wildman–Crippen MR) is 379 cm³/mol. The highest BCUT2D eigenvalue weighted by atomic mass is 17.1. The number of carbonyl (C=O) groups is 6. The Morgan fingerprint density at radius 1 is 0.320 bits per heavy atom. The van der Waals surface area contributed by atoms with Crippen LogP contribution < -0.4 is 0 Å². The van der Waals surface area contributed by atoms with E-state index < -0.39 is 36.2 Å². The van der Waals surface area contributed by atoms with Crippen molar-refractivity contribution in [2.24, 2.45) is 5.92 Å². The Kier molecular flexibility index (Phi) is 70.5. The highest BCUT2D eigenvalue weighted by Crippen LogP contribution is 2.27. The van der Waals surface area contributed by atoms with E-state index in [1.54, 1.807) is 0 Å². The molecule has 0 aromatic carbocycles. The van der Waals surface area contributed by atoms with Crippen LogP contribution in [0.1, 0.15) is 299 Å². The predicted octanol–water partition coefficient (Wildman–Crippen LogP) is 15.4. The summed E-state index contributed by atoms with van der Waals surface area (Å²) in [5.74, 6) is -1.89. The number of nitrogens with zero attached hydrogens (tertiary/aromatic N) is 3. The molecule has 0 saturated heterocycles. The minimum atomic E-state index is -0.825. The van der Waals surface area contributed by atoms with Crippen molar-refractivity contribution in [2.45, 2.75) is 323 Å². The average molecular weight is 1390 g/mol. The van der Waals surface area contributed by atoms with E-state index in [4.69, 9.17) is 58.3 Å². The fraction of sp³-hybridized carbons (Fsp3) is 0.919. The van der Waals surface area contributed by atoms with Crippen LogP contribution in [0.3, 0.4) is 0 Å². The van der Waals surface area contributed by atoms with Gasteiger partial charge in [0, 0.05) is 52.4 Å². The van der Waals surface area contributed by atoms with E-state index in [1.807, 2.05) is 28.7 Å². The summed E-state index contributed by atoms with van der Waals surface area (Å²) < 4.78 is 42.8. The van der Waals surface area contributed by atoms with Crippen LogP contribution in [-0.2, 0) is 66.8 Å². The second kappa shape index (κ2) is 71.9. The maximum atomic E-state index is 13.0. The van der Waals surface area contributed by atoms with Crippen LogP contribution in [-0.4, -0.2) is 208 Å². The van der Waals surface area contributed by atoms with Gasteiger partial charge in [0.2, 0.25) is 0 Å². The van der Waals surface area contributed by atoms with Crippen molar-refractivity contribution < 1.29 is 97.2 Å². The zero-order valence-corrected chi connectivity index (χ0v) is 62.4. The largest absolute Gasteiger partial charge is 0.508 e. The maximum absolute atomic E-state index is 13.0. The second-order valence-electron chi connectivity index (χ2n) is 25.9. The van der Waals surface area contributed by atoms with Crippen molar-refractivity contribution in [3.05, 3.63) is 0 Å². The second-order valence-corrected chi connectivity index (χ2v) is 25.9. The standard InChI is InChI=1S/C62H117N3O18.C12H26O2/c1-7-12-15-18-21-24-28-54(27-10-4)81-61(72)79-51-49-77-59(70)35-39-64(37-33-57(68)75-47-45-66)43-41-63(6)42-44-65(38-34-58(69)76-48-46-67)40-36-60(71)78-50-52-80-62(73)82-55(29-25-22-19-16-13-8-2)32-31-53(11-5)56(83-74)30-26-23-20-17-14-9-3;1-3-5-6-7-8-9-11-12(14-13)10-4-2/h53-56,66-67,74H,7-52H2,1-6H3;12-13H,3-11H2,1-2H3. The fourth-order valence-electron chi connectivity index (χ4n) is 11.3. The van der Waals surface area contributed by atoms with Crippen LogP contribution in [0.15, 0.2) is 0 Å². The van der Waals surface area contributed by atoms with Crippen molar-refractivity contribution in [2.75, 3.05) is 112 Å². The molecule has 0 aromatic heterocycles. The first-order valence-electron chi connectivity index (χ1n) is 38.4. The minimum Gasteiger partial charge on any atom is -0.463 e. The van der Waals surface area contributed by atoms with E-state index in [2.05, 4.69) is 46.4 Å². The average Bonchev–Trinajstić information content (AvgIpc) is 1.53. The Morgan fingerprint density at radius 2 is 0.639 bits per heavy atom. The summed E-state index contributed by atoms with van der Waals surface area (Å²) in [5.41, 5.74) is 0. The van der Waals surface area contributed by atoms with E-state index >= 15 is 0 Å². The first kappa shape index (κ1) is 95.1. The monoisotopic (exact) mass is 1390 g/mol. The number of aliphatic hydroxyl groups excluding tert-OH is 2. The number of carbonyl (C=O) groups excluding carboxylic acids is 6. The van der Waals surface area contributed by atoms with Gasteiger partial charge in [-0.05, 0) is 77.2 Å². The molecular weight excluding hydrogens is 1250 g/mol. The van der Waals surface area contributed by atoms with E-state index in [0.717, 1.165) is 109 Å². The topological polar surface area (TPSA) is 285 Å². The maximum Gasteiger partial charge on any atom is 0.508 e. The molecule has 0 rings (SSSR count). The quantitative estimate of drug-likeness (QED) is 0.0145. The summed E-state index contributed by atoms with van der Waals surface area (Å²) in [6, 6.07) is 0. The molecular formula is C74H143N3O20. The van der Waals surface area contributed by atoms with E-state index in [-0.39, 0.29) is 135 Å². The van der Waals surface area contributed by atoms with Gasteiger partial charge in [0.25, 0.3) is 0 Å². The van der Waals surface area contributed by atoms with Crippen LogP contribution in [0.5, 0.6) is 0 Å². The molecule has 23 nitrogen and oxygen atoms in total. The van der Waals surface area contributed by atoms with Crippen molar-refractivity contribution in [1.82, 2.24) is 14.7 Å². The summed E-state index contributed by atoms with van der Waals surface area (Å²) in [6.45, 7) is 16.5. The first-order chi connectivity index (χ1) is 47.1. The molecule has 5 atom stereocenters. The lowest BCUT2D eigenvalue weighted by Crippen LogP contribution is -2.40. The first-order valence-corrected chi connectivity index (χ1v) is 38.4. The van der Waals surface area contributed by atoms with Gasteiger partial charge in [-0.25, -0.2) is 19.4 Å². The van der Waals surface area contributed by atoms with Gasteiger partial charge >= 0.3 is 36.2 Å². The number of ether oxygens (including phenoxy) is 8. The zero-order chi connectivity index (χ0) is 72.0. The molecule has 574 valence electrons. The lowest BCUT2D eigenvalue weighted by Gasteiger charge is -2.27. The number of aliphatic hydroxyl groups is 2. The van der Waals surface area contributed by atoms with Crippen LogP contribution in [0.2, 0.25) is 0 Å². The molecule has 0 aromatic rings. The Balaban J connectivity index is 0. The molecule has 0 fully saturated rings. The highest BCUT2D eigenvalue weighted by Gasteiger charge is 2.25. The summed E-state index contributed by atoms with van der Waals surface area (Å²) in [7, 11) is 1.90. The van der Waals surface area contributed by atoms with Crippen molar-refractivity contribution in [3.63, 3.8) is 0 Å². The lowest BCUT2D eigenvalue weighted by atomic mass is 9.89. The Morgan fingerprint density at radius 3 is 0.979 bits per heavy atom. The zero-order valence-electron chi connectivity index (χ0n) is 62.4. The molecule has 0 heterocycles. The number of rotatable bonds is 69. The van der Waals surface area contributed by atoms with Gasteiger partial charge in [-0.2, -0.15) is 0 Å².